The summed E-state index contributed by atoms with van der Waals surface area (Å²) in [5, 5.41) is 6.01. The number of nitrogens with one attached hydrogen (secondary N) is 2. The van der Waals surface area contributed by atoms with E-state index < -0.39 is 47.9 Å². The molecule has 13 heteroatoms. The molecule has 1 saturated carbocycles. The number of methoxy groups -OCH3 is 1. The van der Waals surface area contributed by atoms with Crippen LogP contribution in [0.2, 0.25) is 0 Å². The fraction of sp³-hybridized carbons (Fsp3) is 0.273. The number of benzene rings is 3. The van der Waals surface area contributed by atoms with Crippen molar-refractivity contribution in [3.63, 3.8) is 0 Å². The van der Waals surface area contributed by atoms with E-state index >= 15 is 0 Å². The van der Waals surface area contributed by atoms with Crippen LogP contribution in [0, 0.1) is 11.2 Å². The van der Waals surface area contributed by atoms with Crippen LogP contribution >= 0.6 is 0 Å². The lowest BCUT2D eigenvalue weighted by molar-refractivity contribution is -0.131. The molecule has 10 nitrogen and oxygen atoms in total. The van der Waals surface area contributed by atoms with Crippen molar-refractivity contribution in [1.82, 2.24) is 9.88 Å². The molecule has 46 heavy (non-hydrogen) atoms. The summed E-state index contributed by atoms with van der Waals surface area (Å²) in [6, 6.07) is 16.6. The molecule has 0 atom stereocenters. The number of piperidine rings is 1. The van der Waals surface area contributed by atoms with E-state index in [1.807, 2.05) is 0 Å². The highest BCUT2D eigenvalue weighted by Gasteiger charge is 2.56. The van der Waals surface area contributed by atoms with Gasteiger partial charge in [-0.2, -0.15) is 0 Å². The van der Waals surface area contributed by atoms with Gasteiger partial charge in [-0.1, -0.05) is 0 Å². The summed E-state index contributed by atoms with van der Waals surface area (Å²) in [6.45, 7) is -0.234. The lowest BCUT2D eigenvalue weighted by Crippen LogP contribution is -2.43. The van der Waals surface area contributed by atoms with Gasteiger partial charge in [0.15, 0.2) is 11.5 Å². The zero-order chi connectivity index (χ0) is 32.5. The second-order valence-electron chi connectivity index (χ2n) is 11.2. The van der Waals surface area contributed by atoms with Crippen molar-refractivity contribution in [2.75, 3.05) is 30.8 Å². The molecule has 0 spiro atoms. The Hall–Kier alpha value is -5.33. The fourth-order valence-corrected chi connectivity index (χ4v) is 5.08. The Morgan fingerprint density at radius 2 is 1.41 bits per heavy atom. The highest BCUT2D eigenvalue weighted by Crippen LogP contribution is 2.47. The maximum Gasteiger partial charge on any atom is 0.415 e. The lowest BCUT2D eigenvalue weighted by Gasteiger charge is -2.31. The largest absolute Gasteiger partial charge is 0.493 e. The SMILES string of the molecule is COc1cc2c(Oc3ccc(NC(=O)C4(C(=O)Nc5ccc(F)cc5)CC4)cc3)ccnc2cc1OC(=O)N1CCC(F)(F)CC1. The molecule has 2 N–H and O–H groups in total. The predicted octanol–water partition coefficient (Wildman–Crippen LogP) is 6.76. The van der Waals surface area contributed by atoms with Gasteiger partial charge in [0.2, 0.25) is 11.8 Å². The molecule has 1 aromatic heterocycles. The number of pyridine rings is 1. The number of hydrogen-bond acceptors (Lipinski definition) is 7. The molecule has 1 saturated heterocycles. The van der Waals surface area contributed by atoms with Gasteiger partial charge in [0.25, 0.3) is 5.92 Å². The Kier molecular flexibility index (Phi) is 8.15. The van der Waals surface area contributed by atoms with E-state index in [1.165, 1.54) is 48.5 Å². The van der Waals surface area contributed by atoms with Gasteiger partial charge < -0.3 is 29.7 Å². The average Bonchev–Trinajstić information content (AvgIpc) is 3.85. The van der Waals surface area contributed by atoms with Crippen LogP contribution in [0.25, 0.3) is 10.9 Å². The summed E-state index contributed by atoms with van der Waals surface area (Å²) in [6.07, 6.45) is 0.692. The minimum Gasteiger partial charge on any atom is -0.493 e. The molecule has 238 valence electrons. The molecule has 3 amide bonds. The van der Waals surface area contributed by atoms with E-state index in [9.17, 15) is 27.6 Å². The summed E-state index contributed by atoms with van der Waals surface area (Å²) in [4.78, 5) is 44.1. The monoisotopic (exact) mass is 634 g/mol. The second-order valence-corrected chi connectivity index (χ2v) is 11.2. The third-order valence-electron chi connectivity index (χ3n) is 8.00. The molecule has 4 aromatic rings. The topological polar surface area (TPSA) is 119 Å². The van der Waals surface area contributed by atoms with E-state index in [-0.39, 0.29) is 24.6 Å². The van der Waals surface area contributed by atoms with Crippen molar-refractivity contribution in [3.05, 3.63) is 78.7 Å². The van der Waals surface area contributed by atoms with Crippen LogP contribution in [-0.4, -0.2) is 53.9 Å². The zero-order valence-corrected chi connectivity index (χ0v) is 24.6. The molecular formula is C33H29F3N4O6. The summed E-state index contributed by atoms with van der Waals surface area (Å²) >= 11 is 0. The normalized spacial score (nSPS) is 16.3. The Bertz CT molecular complexity index is 1790. The molecule has 2 heterocycles. The molecule has 1 aliphatic heterocycles. The Morgan fingerprint density at radius 3 is 2.00 bits per heavy atom. The van der Waals surface area contributed by atoms with Crippen molar-refractivity contribution in [1.29, 1.82) is 0 Å². The highest BCUT2D eigenvalue weighted by atomic mass is 19.3. The van der Waals surface area contributed by atoms with Crippen molar-refractivity contribution >= 4 is 40.2 Å². The molecule has 0 radical (unpaired) electrons. The van der Waals surface area contributed by atoms with Gasteiger partial charge >= 0.3 is 6.09 Å². The van der Waals surface area contributed by atoms with Gasteiger partial charge in [0.1, 0.15) is 22.7 Å². The van der Waals surface area contributed by atoms with E-state index in [4.69, 9.17) is 14.2 Å². The first-order chi connectivity index (χ1) is 22.0. The minimum absolute atomic E-state index is 0.0851. The average molecular weight is 635 g/mol. The lowest BCUT2D eigenvalue weighted by atomic mass is 10.0. The minimum atomic E-state index is -2.79. The quantitative estimate of drug-likeness (QED) is 0.206. The van der Waals surface area contributed by atoms with Gasteiger partial charge in [0.05, 0.1) is 12.6 Å². The molecule has 0 bridgehead atoms. The van der Waals surface area contributed by atoms with Gasteiger partial charge in [-0.3, -0.25) is 14.6 Å². The Morgan fingerprint density at radius 1 is 0.804 bits per heavy atom. The fourth-order valence-electron chi connectivity index (χ4n) is 5.08. The van der Waals surface area contributed by atoms with Crippen molar-refractivity contribution in [3.8, 4) is 23.0 Å². The number of carbonyl (C=O) groups excluding carboxylic acids is 3. The van der Waals surface area contributed by atoms with Crippen LogP contribution in [0.5, 0.6) is 23.0 Å². The van der Waals surface area contributed by atoms with Crippen LogP contribution in [-0.2, 0) is 9.59 Å². The van der Waals surface area contributed by atoms with E-state index in [2.05, 4.69) is 15.6 Å². The summed E-state index contributed by atoms with van der Waals surface area (Å²) in [5.41, 5.74) is 0.0959. The number of amides is 3. The highest BCUT2D eigenvalue weighted by molar-refractivity contribution is 6.16. The summed E-state index contributed by atoms with van der Waals surface area (Å²) in [7, 11) is 1.40. The van der Waals surface area contributed by atoms with Crippen LogP contribution in [0.4, 0.5) is 29.3 Å². The van der Waals surface area contributed by atoms with E-state index in [0.717, 1.165) is 0 Å². The van der Waals surface area contributed by atoms with Gasteiger partial charge in [-0.15, -0.1) is 0 Å². The summed E-state index contributed by atoms with van der Waals surface area (Å²) < 4.78 is 57.2. The van der Waals surface area contributed by atoms with Crippen molar-refractivity contribution in [2.45, 2.75) is 31.6 Å². The van der Waals surface area contributed by atoms with Crippen molar-refractivity contribution in [2.24, 2.45) is 5.41 Å². The smallest absolute Gasteiger partial charge is 0.415 e. The number of rotatable bonds is 8. The van der Waals surface area contributed by atoms with Crippen LogP contribution in [0.15, 0.2) is 72.9 Å². The van der Waals surface area contributed by atoms with Gasteiger partial charge in [0, 0.05) is 55.0 Å². The van der Waals surface area contributed by atoms with E-state index in [1.54, 1.807) is 36.4 Å². The number of halogens is 3. The number of aromatic nitrogens is 1. The first-order valence-electron chi connectivity index (χ1n) is 14.5. The molecule has 0 unspecified atom stereocenters. The van der Waals surface area contributed by atoms with Crippen LogP contribution in [0.1, 0.15) is 25.7 Å². The molecular weight excluding hydrogens is 605 g/mol. The molecule has 3 aromatic carbocycles. The number of carbonyl (C=O) groups is 3. The van der Waals surface area contributed by atoms with E-state index in [0.29, 0.717) is 46.6 Å². The van der Waals surface area contributed by atoms with Crippen molar-refractivity contribution < 1.29 is 41.8 Å². The maximum atomic E-state index is 13.5. The number of fused-ring (bicyclic) bond motifs is 1. The maximum absolute atomic E-state index is 13.5. The molecule has 2 fully saturated rings. The van der Waals surface area contributed by atoms with Gasteiger partial charge in [-0.25, -0.2) is 18.0 Å². The molecule has 6 rings (SSSR count). The standard InChI is InChI=1S/C33H29F3N4O6/c1-44-27-18-24-25(19-28(27)46-31(43)40-16-13-33(35,36)14-17-40)37-15-10-26(24)45-23-8-6-22(7-9-23)39-30(42)32(11-12-32)29(41)38-21-4-2-20(34)3-5-21/h2-10,15,18-19H,11-14,16-17H2,1H3,(H,38,41)(H,39,42). The van der Waals surface area contributed by atoms with Crippen LogP contribution in [0.3, 0.4) is 0 Å². The zero-order valence-electron chi connectivity index (χ0n) is 24.6. The third kappa shape index (κ3) is 6.53. The molecule has 1 aliphatic carbocycles. The first kappa shape index (κ1) is 30.7. The van der Waals surface area contributed by atoms with Crippen LogP contribution < -0.4 is 24.8 Å². The number of nitrogens with zero attached hydrogens (tertiary/aromatic N) is 2. The first-order valence-corrected chi connectivity index (χ1v) is 14.5. The third-order valence-corrected chi connectivity index (χ3v) is 8.00. The number of alkyl halides is 2. The number of anilines is 2. The number of likely N-dealkylation sites (tertiary alicyclic amines) is 1. The Balaban J connectivity index is 1.11. The number of hydrogen-bond donors (Lipinski definition) is 2. The second kappa shape index (κ2) is 12.2. The van der Waals surface area contributed by atoms with Gasteiger partial charge in [-0.05, 0) is 73.5 Å². The number of ether oxygens (including phenoxy) is 3. The summed E-state index contributed by atoms with van der Waals surface area (Å²) in [5.74, 6) is -2.95. The Labute approximate surface area is 261 Å². The predicted molar refractivity (Wildman–Crippen MR) is 162 cm³/mol. The molecule has 2 aliphatic rings.